The molecule has 0 spiro atoms. The van der Waals surface area contributed by atoms with Gasteiger partial charge in [-0.25, -0.2) is 4.68 Å². The van der Waals surface area contributed by atoms with E-state index in [9.17, 15) is 9.59 Å². The number of esters is 2. The molecular weight excluding hydrogens is 296 g/mol. The van der Waals surface area contributed by atoms with Crippen LogP contribution >= 0.6 is 0 Å². The largest absolute Gasteiger partial charge is 0.469 e. The van der Waals surface area contributed by atoms with Crippen molar-refractivity contribution in [3.05, 3.63) is 47.8 Å². The van der Waals surface area contributed by atoms with Crippen molar-refractivity contribution in [2.75, 3.05) is 14.2 Å². The molecule has 2 atom stereocenters. The van der Waals surface area contributed by atoms with Crippen LogP contribution in [0.1, 0.15) is 11.3 Å². The predicted octanol–water partition coefficient (Wildman–Crippen LogP) is 1.55. The number of para-hydroxylation sites is 1. The van der Waals surface area contributed by atoms with Crippen LogP contribution in [-0.4, -0.2) is 35.9 Å². The van der Waals surface area contributed by atoms with Crippen molar-refractivity contribution >= 4 is 11.9 Å². The Kier molecular flexibility index (Phi) is 4.14. The molecule has 120 valence electrons. The summed E-state index contributed by atoms with van der Waals surface area (Å²) in [6.07, 6.45) is 2.58. The maximum Gasteiger partial charge on any atom is 0.309 e. The lowest BCUT2D eigenvalue weighted by atomic mass is 9.78. The third kappa shape index (κ3) is 2.72. The van der Waals surface area contributed by atoms with E-state index in [2.05, 4.69) is 5.10 Å². The number of benzene rings is 1. The van der Waals surface area contributed by atoms with Crippen LogP contribution in [0.4, 0.5) is 0 Å². The number of rotatable bonds is 3. The number of carbonyl (C=O) groups excluding carboxylic acids is 2. The molecule has 0 unspecified atom stereocenters. The standard InChI is InChI=1S/C17H18N2O4/c1-22-16(20)13-8-11-10-18-19(12-6-4-3-5-7-12)15(11)9-14(13)17(21)23-2/h3-7,10,13-14H,8-9H2,1-2H3/t13-,14-/m1/s1. The molecule has 0 saturated carbocycles. The van der Waals surface area contributed by atoms with Crippen molar-refractivity contribution in [2.24, 2.45) is 11.8 Å². The molecule has 1 aromatic heterocycles. The number of nitrogens with zero attached hydrogens (tertiary/aromatic N) is 2. The number of hydrogen-bond acceptors (Lipinski definition) is 5. The number of aromatic nitrogens is 2. The van der Waals surface area contributed by atoms with Gasteiger partial charge in [-0.2, -0.15) is 5.10 Å². The lowest BCUT2D eigenvalue weighted by Crippen LogP contribution is -2.38. The third-order valence-electron chi connectivity index (χ3n) is 4.30. The number of ether oxygens (including phenoxy) is 2. The molecular formula is C17H18N2O4. The van der Waals surface area contributed by atoms with Gasteiger partial charge in [0.05, 0.1) is 37.9 Å². The number of fused-ring (bicyclic) bond motifs is 1. The van der Waals surface area contributed by atoms with Crippen LogP contribution in [0.25, 0.3) is 5.69 Å². The molecule has 2 aromatic rings. The zero-order valence-corrected chi connectivity index (χ0v) is 13.1. The van der Waals surface area contributed by atoms with E-state index in [1.165, 1.54) is 14.2 Å². The summed E-state index contributed by atoms with van der Waals surface area (Å²) < 4.78 is 11.5. The quantitative estimate of drug-likeness (QED) is 0.804. The summed E-state index contributed by atoms with van der Waals surface area (Å²) in [6, 6.07) is 9.70. The summed E-state index contributed by atoms with van der Waals surface area (Å²) in [4.78, 5) is 24.1. The summed E-state index contributed by atoms with van der Waals surface area (Å²) in [6.45, 7) is 0. The fourth-order valence-corrected chi connectivity index (χ4v) is 3.12. The minimum atomic E-state index is -0.556. The topological polar surface area (TPSA) is 70.4 Å². The van der Waals surface area contributed by atoms with Gasteiger partial charge in [-0.1, -0.05) is 18.2 Å². The number of carbonyl (C=O) groups is 2. The summed E-state index contributed by atoms with van der Waals surface area (Å²) in [5.41, 5.74) is 2.82. The molecule has 0 saturated heterocycles. The van der Waals surface area contributed by atoms with Gasteiger partial charge in [0.25, 0.3) is 0 Å². The molecule has 3 rings (SSSR count). The van der Waals surface area contributed by atoms with Crippen molar-refractivity contribution in [3.8, 4) is 5.69 Å². The van der Waals surface area contributed by atoms with Gasteiger partial charge in [0.1, 0.15) is 0 Å². The van der Waals surface area contributed by atoms with Crippen molar-refractivity contribution in [1.82, 2.24) is 9.78 Å². The van der Waals surface area contributed by atoms with E-state index < -0.39 is 23.8 Å². The summed E-state index contributed by atoms with van der Waals surface area (Å²) in [7, 11) is 2.67. The van der Waals surface area contributed by atoms with Crippen molar-refractivity contribution in [3.63, 3.8) is 0 Å². The van der Waals surface area contributed by atoms with E-state index in [-0.39, 0.29) is 0 Å². The zero-order chi connectivity index (χ0) is 16.4. The lowest BCUT2D eigenvalue weighted by Gasteiger charge is -2.28. The molecule has 1 aliphatic carbocycles. The van der Waals surface area contributed by atoms with E-state index >= 15 is 0 Å². The number of hydrogen-bond donors (Lipinski definition) is 0. The fourth-order valence-electron chi connectivity index (χ4n) is 3.12. The maximum absolute atomic E-state index is 12.1. The highest BCUT2D eigenvalue weighted by atomic mass is 16.5. The summed E-state index contributed by atoms with van der Waals surface area (Å²) in [5, 5.41) is 4.42. The Morgan fingerprint density at radius 2 is 1.65 bits per heavy atom. The number of methoxy groups -OCH3 is 2. The van der Waals surface area contributed by atoms with Crippen LogP contribution in [0, 0.1) is 11.8 Å². The van der Waals surface area contributed by atoms with E-state index in [4.69, 9.17) is 9.47 Å². The Labute approximate surface area is 134 Å². The van der Waals surface area contributed by atoms with Gasteiger partial charge >= 0.3 is 11.9 Å². The summed E-state index contributed by atoms with van der Waals surface area (Å²) in [5.74, 6) is -1.88. The first-order valence-corrected chi connectivity index (χ1v) is 7.42. The first-order chi connectivity index (χ1) is 11.2. The van der Waals surface area contributed by atoms with Gasteiger partial charge in [0, 0.05) is 12.1 Å². The molecule has 1 aliphatic rings. The Balaban J connectivity index is 2.00. The van der Waals surface area contributed by atoms with Crippen LogP contribution in [0.15, 0.2) is 36.5 Å². The molecule has 0 bridgehead atoms. The monoisotopic (exact) mass is 314 g/mol. The molecule has 1 heterocycles. The first kappa shape index (κ1) is 15.3. The highest BCUT2D eigenvalue weighted by Crippen LogP contribution is 2.33. The fraction of sp³-hybridized carbons (Fsp3) is 0.353. The van der Waals surface area contributed by atoms with Gasteiger partial charge in [0.15, 0.2) is 0 Å². The van der Waals surface area contributed by atoms with Crippen molar-refractivity contribution in [1.29, 1.82) is 0 Å². The highest BCUT2D eigenvalue weighted by molar-refractivity contribution is 5.83. The molecule has 0 amide bonds. The molecule has 6 heteroatoms. The second-order valence-electron chi connectivity index (χ2n) is 5.53. The second-order valence-corrected chi connectivity index (χ2v) is 5.53. The van der Waals surface area contributed by atoms with Gasteiger partial charge in [-0.3, -0.25) is 9.59 Å². The Hall–Kier alpha value is -2.63. The lowest BCUT2D eigenvalue weighted by molar-refractivity contribution is -0.158. The smallest absolute Gasteiger partial charge is 0.309 e. The predicted molar refractivity (Wildman–Crippen MR) is 82.0 cm³/mol. The SMILES string of the molecule is COC(=O)[C@@H]1Cc2cnn(-c3ccccc3)c2C[C@H]1C(=O)OC. The molecule has 0 N–H and O–H groups in total. The van der Waals surface area contributed by atoms with Crippen LogP contribution < -0.4 is 0 Å². The average Bonchev–Trinajstić information content (AvgIpc) is 3.02. The summed E-state index contributed by atoms with van der Waals surface area (Å²) >= 11 is 0. The second kappa shape index (κ2) is 6.24. The molecule has 23 heavy (non-hydrogen) atoms. The van der Waals surface area contributed by atoms with E-state index in [0.29, 0.717) is 12.8 Å². The van der Waals surface area contributed by atoms with Crippen LogP contribution in [0.3, 0.4) is 0 Å². The van der Waals surface area contributed by atoms with Crippen molar-refractivity contribution in [2.45, 2.75) is 12.8 Å². The molecule has 1 aromatic carbocycles. The Morgan fingerprint density at radius 1 is 1.04 bits per heavy atom. The average molecular weight is 314 g/mol. The molecule has 0 fully saturated rings. The van der Waals surface area contributed by atoms with E-state index in [1.807, 2.05) is 35.0 Å². The van der Waals surface area contributed by atoms with E-state index in [0.717, 1.165) is 16.9 Å². The van der Waals surface area contributed by atoms with Crippen molar-refractivity contribution < 1.29 is 19.1 Å². The van der Waals surface area contributed by atoms with Gasteiger partial charge in [0.2, 0.25) is 0 Å². The van der Waals surface area contributed by atoms with Gasteiger partial charge < -0.3 is 9.47 Å². The minimum Gasteiger partial charge on any atom is -0.469 e. The molecule has 6 nitrogen and oxygen atoms in total. The molecule has 0 aliphatic heterocycles. The first-order valence-electron chi connectivity index (χ1n) is 7.42. The Morgan fingerprint density at radius 3 is 2.26 bits per heavy atom. The highest BCUT2D eigenvalue weighted by Gasteiger charge is 2.41. The van der Waals surface area contributed by atoms with Crippen LogP contribution in [-0.2, 0) is 31.9 Å². The van der Waals surface area contributed by atoms with Gasteiger partial charge in [-0.05, 0) is 24.1 Å². The van der Waals surface area contributed by atoms with Crippen LogP contribution in [0.2, 0.25) is 0 Å². The minimum absolute atomic E-state index is 0.390. The zero-order valence-electron chi connectivity index (χ0n) is 13.1. The normalized spacial score (nSPS) is 19.7. The third-order valence-corrected chi connectivity index (χ3v) is 4.30. The molecule has 0 radical (unpaired) electrons. The van der Waals surface area contributed by atoms with Gasteiger partial charge in [-0.15, -0.1) is 0 Å². The Bertz CT molecular complexity index is 723. The van der Waals surface area contributed by atoms with E-state index in [1.54, 1.807) is 6.20 Å². The maximum atomic E-state index is 12.1. The van der Waals surface area contributed by atoms with Crippen LogP contribution in [0.5, 0.6) is 0 Å².